The second kappa shape index (κ2) is 8.64. The first-order valence-electron chi connectivity index (χ1n) is 6.87. The minimum Gasteiger partial charge on any atom is -0.503 e. The number of aromatic hydroxyl groups is 1. The normalized spacial score (nSPS) is 10.8. The zero-order chi connectivity index (χ0) is 17.7. The molecule has 2 aromatic rings. The smallest absolute Gasteiger partial charge is 0.272 e. The van der Waals surface area contributed by atoms with Crippen molar-refractivity contribution in [1.82, 2.24) is 5.43 Å². The van der Waals surface area contributed by atoms with Crippen molar-refractivity contribution in [2.45, 2.75) is 6.92 Å². The van der Waals surface area contributed by atoms with Crippen LogP contribution in [-0.2, 0) is 0 Å². The maximum atomic E-state index is 12.1. The van der Waals surface area contributed by atoms with Crippen molar-refractivity contribution in [2.24, 2.45) is 5.10 Å². The van der Waals surface area contributed by atoms with Crippen LogP contribution in [0.5, 0.6) is 11.5 Å². The van der Waals surface area contributed by atoms with Gasteiger partial charge in [-0.25, -0.2) is 5.43 Å². The lowest BCUT2D eigenvalue weighted by Crippen LogP contribution is -2.18. The molecule has 0 saturated carbocycles. The second-order valence-electron chi connectivity index (χ2n) is 4.55. The van der Waals surface area contributed by atoms with Crippen molar-refractivity contribution < 1.29 is 14.6 Å². The van der Waals surface area contributed by atoms with E-state index in [1.54, 1.807) is 24.3 Å². The molecule has 1 amide bonds. The number of rotatable bonds is 5. The highest BCUT2D eigenvalue weighted by molar-refractivity contribution is 9.13. The molecule has 126 valence electrons. The van der Waals surface area contributed by atoms with Gasteiger partial charge in [-0.15, -0.1) is 0 Å². The van der Waals surface area contributed by atoms with Gasteiger partial charge in [-0.3, -0.25) is 4.79 Å². The molecule has 0 heterocycles. The van der Waals surface area contributed by atoms with Gasteiger partial charge in [0.25, 0.3) is 5.91 Å². The third-order valence-corrected chi connectivity index (χ3v) is 5.81. The van der Waals surface area contributed by atoms with E-state index < -0.39 is 0 Å². The van der Waals surface area contributed by atoms with Gasteiger partial charge in [-0.05, 0) is 72.9 Å². The minimum atomic E-state index is -0.335. The average Bonchev–Trinajstić information content (AvgIpc) is 2.57. The Morgan fingerprint density at radius 1 is 1.29 bits per heavy atom. The molecular weight excluding hydrogens is 508 g/mol. The van der Waals surface area contributed by atoms with Crippen molar-refractivity contribution in [2.75, 3.05) is 6.61 Å². The number of hydrogen-bond donors (Lipinski definition) is 2. The van der Waals surface area contributed by atoms with E-state index in [0.29, 0.717) is 36.9 Å². The van der Waals surface area contributed by atoms with E-state index in [-0.39, 0.29) is 11.7 Å². The second-order valence-corrected chi connectivity index (χ2v) is 6.99. The summed E-state index contributed by atoms with van der Waals surface area (Å²) < 4.78 is 7.10. The van der Waals surface area contributed by atoms with E-state index in [0.717, 1.165) is 0 Å². The van der Waals surface area contributed by atoms with E-state index in [2.05, 4.69) is 58.3 Å². The van der Waals surface area contributed by atoms with Crippen LogP contribution in [-0.4, -0.2) is 23.8 Å². The number of hydrogen-bond acceptors (Lipinski definition) is 4. The molecule has 2 rings (SSSR count). The summed E-state index contributed by atoms with van der Waals surface area (Å²) in [6.45, 7) is 2.23. The third kappa shape index (κ3) is 4.37. The molecule has 0 bridgehead atoms. The molecule has 24 heavy (non-hydrogen) atoms. The summed E-state index contributed by atoms with van der Waals surface area (Å²) in [4.78, 5) is 12.1. The summed E-state index contributed by atoms with van der Waals surface area (Å²) in [5, 5.41) is 14.0. The van der Waals surface area contributed by atoms with Crippen LogP contribution in [0.2, 0.25) is 0 Å². The fourth-order valence-corrected chi connectivity index (χ4v) is 3.13. The van der Waals surface area contributed by atoms with Gasteiger partial charge in [-0.2, -0.15) is 5.10 Å². The Labute approximate surface area is 164 Å². The summed E-state index contributed by atoms with van der Waals surface area (Å²) in [6, 6.07) is 8.69. The molecule has 0 atom stereocenters. The lowest BCUT2D eigenvalue weighted by Gasteiger charge is -2.11. The van der Waals surface area contributed by atoms with E-state index in [1.807, 2.05) is 13.0 Å². The molecule has 0 aliphatic rings. The summed E-state index contributed by atoms with van der Waals surface area (Å²) >= 11 is 9.97. The molecule has 8 heteroatoms. The van der Waals surface area contributed by atoms with Gasteiger partial charge in [0.1, 0.15) is 0 Å². The molecule has 0 aliphatic heterocycles. The first-order chi connectivity index (χ1) is 11.5. The summed E-state index contributed by atoms with van der Waals surface area (Å²) in [6.07, 6.45) is 1.46. The number of phenolic OH excluding ortho intramolecular Hbond substituents is 1. The van der Waals surface area contributed by atoms with Crippen LogP contribution in [0.1, 0.15) is 22.8 Å². The van der Waals surface area contributed by atoms with Crippen molar-refractivity contribution in [3.05, 3.63) is 54.9 Å². The molecular formula is C16H13Br3N2O3. The minimum absolute atomic E-state index is 0.00173. The van der Waals surface area contributed by atoms with Gasteiger partial charge in [0.2, 0.25) is 0 Å². The lowest BCUT2D eigenvalue weighted by atomic mass is 10.2. The molecule has 0 unspecified atom stereocenters. The van der Waals surface area contributed by atoms with Crippen LogP contribution in [0.4, 0.5) is 0 Å². The molecule has 0 aliphatic carbocycles. The van der Waals surface area contributed by atoms with Gasteiger partial charge < -0.3 is 9.84 Å². The standard InChI is InChI=1S/C16H13Br3N2O3/c1-2-24-12-7-9(13(18)14(19)15(12)22)8-20-21-16(23)10-5-3-4-6-11(10)17/h3-8,22H,2H2,1H3,(H,21,23)/b20-8+. The molecule has 2 N–H and O–H groups in total. The Bertz CT molecular complexity index is 794. The summed E-state index contributed by atoms with van der Waals surface area (Å²) in [5.74, 6) is -0.0120. The van der Waals surface area contributed by atoms with Gasteiger partial charge >= 0.3 is 0 Å². The van der Waals surface area contributed by atoms with Gasteiger partial charge in [0.15, 0.2) is 11.5 Å². The zero-order valence-electron chi connectivity index (χ0n) is 12.5. The molecule has 2 aromatic carbocycles. The summed E-state index contributed by atoms with van der Waals surface area (Å²) in [5.41, 5.74) is 3.58. The number of ether oxygens (including phenoxy) is 1. The number of amides is 1. The molecule has 0 saturated heterocycles. The monoisotopic (exact) mass is 518 g/mol. The number of nitrogens with zero attached hydrogens (tertiary/aromatic N) is 1. The first-order valence-corrected chi connectivity index (χ1v) is 9.25. The molecule has 5 nitrogen and oxygen atoms in total. The highest BCUT2D eigenvalue weighted by atomic mass is 79.9. The maximum Gasteiger partial charge on any atom is 0.272 e. The highest BCUT2D eigenvalue weighted by Gasteiger charge is 2.14. The number of carbonyl (C=O) groups is 1. The SMILES string of the molecule is CCOc1cc(/C=N/NC(=O)c2ccccc2Br)c(Br)c(Br)c1O. The Balaban J connectivity index is 2.20. The Morgan fingerprint density at radius 2 is 2.00 bits per heavy atom. The van der Waals surface area contributed by atoms with Crippen LogP contribution in [0.15, 0.2) is 48.9 Å². The zero-order valence-corrected chi connectivity index (χ0v) is 17.3. The molecule has 0 fully saturated rings. The molecule has 0 radical (unpaired) electrons. The van der Waals surface area contributed by atoms with Crippen molar-refractivity contribution in [3.8, 4) is 11.5 Å². The predicted molar refractivity (Wildman–Crippen MR) is 104 cm³/mol. The van der Waals surface area contributed by atoms with Crippen LogP contribution >= 0.6 is 47.8 Å². The van der Waals surface area contributed by atoms with Crippen LogP contribution < -0.4 is 10.2 Å². The van der Waals surface area contributed by atoms with E-state index in [1.165, 1.54) is 6.21 Å². The Hall–Kier alpha value is -1.38. The molecule has 0 aromatic heterocycles. The number of hydrazone groups is 1. The Morgan fingerprint density at radius 3 is 2.67 bits per heavy atom. The molecule has 0 spiro atoms. The number of phenols is 1. The number of halogens is 3. The third-order valence-electron chi connectivity index (χ3n) is 2.96. The summed E-state index contributed by atoms with van der Waals surface area (Å²) in [7, 11) is 0. The van der Waals surface area contributed by atoms with E-state index in [9.17, 15) is 9.90 Å². The Kier molecular flexibility index (Phi) is 6.82. The topological polar surface area (TPSA) is 70.9 Å². The fourth-order valence-electron chi connectivity index (χ4n) is 1.84. The largest absolute Gasteiger partial charge is 0.503 e. The van der Waals surface area contributed by atoms with E-state index >= 15 is 0 Å². The number of carbonyl (C=O) groups excluding carboxylic acids is 1. The van der Waals surface area contributed by atoms with Gasteiger partial charge in [-0.1, -0.05) is 12.1 Å². The fraction of sp³-hybridized carbons (Fsp3) is 0.125. The maximum absolute atomic E-state index is 12.1. The lowest BCUT2D eigenvalue weighted by molar-refractivity contribution is 0.0954. The van der Waals surface area contributed by atoms with Crippen LogP contribution in [0.3, 0.4) is 0 Å². The predicted octanol–water partition coefficient (Wildman–Crippen LogP) is 4.84. The van der Waals surface area contributed by atoms with Crippen molar-refractivity contribution in [3.63, 3.8) is 0 Å². The van der Waals surface area contributed by atoms with Crippen LogP contribution in [0, 0.1) is 0 Å². The van der Waals surface area contributed by atoms with Crippen molar-refractivity contribution in [1.29, 1.82) is 0 Å². The van der Waals surface area contributed by atoms with E-state index in [4.69, 9.17) is 4.74 Å². The highest BCUT2D eigenvalue weighted by Crippen LogP contribution is 2.41. The van der Waals surface area contributed by atoms with Crippen LogP contribution in [0.25, 0.3) is 0 Å². The van der Waals surface area contributed by atoms with Crippen molar-refractivity contribution >= 4 is 59.9 Å². The number of nitrogens with one attached hydrogen (secondary N) is 1. The quantitative estimate of drug-likeness (QED) is 0.438. The number of benzene rings is 2. The average molecular weight is 521 g/mol. The first kappa shape index (κ1) is 19.0. The van der Waals surface area contributed by atoms with Gasteiger partial charge in [0, 0.05) is 14.5 Å². The van der Waals surface area contributed by atoms with Gasteiger partial charge in [0.05, 0.1) is 22.9 Å².